The first-order chi connectivity index (χ1) is 18.8. The summed E-state index contributed by atoms with van der Waals surface area (Å²) < 4.78 is 44.7. The van der Waals surface area contributed by atoms with Gasteiger partial charge in [-0.05, 0) is 12.1 Å². The first-order valence-corrected chi connectivity index (χ1v) is 10.7. The average Bonchev–Trinajstić information content (AvgIpc) is 3.52. The Morgan fingerprint density at radius 1 is 1.06 bits per heavy atom. The van der Waals surface area contributed by atoms with E-state index in [0.717, 1.165) is 6.33 Å². The van der Waals surface area contributed by atoms with Gasteiger partial charge in [0.2, 0.25) is 5.78 Å². The van der Waals surface area contributed by atoms with E-state index in [1.807, 2.05) is 0 Å². The quantitative estimate of drug-likeness (QED) is 0.256. The second-order valence-electron chi connectivity index (χ2n) is 7.54. The Hall–Kier alpha value is -3.90. The van der Waals surface area contributed by atoms with Crippen LogP contribution in [-0.2, 0) is 33.3 Å². The molecule has 4 atom stereocenters. The number of ether oxygens (including phenoxy) is 4. The highest BCUT2D eigenvalue weighted by Crippen LogP contribution is 2.36. The van der Waals surface area contributed by atoms with E-state index in [1.165, 1.54) is 17.0 Å². The van der Waals surface area contributed by atoms with Gasteiger partial charge in [-0.15, -0.1) is 0 Å². The predicted octanol–water partition coefficient (Wildman–Crippen LogP) is 2.03. The summed E-state index contributed by atoms with van der Waals surface area (Å²) in [7, 11) is 0. The van der Waals surface area contributed by atoms with Crippen LogP contribution in [-0.4, -0.2) is 68.1 Å². The van der Waals surface area contributed by atoms with Gasteiger partial charge in [-0.3, -0.25) is 23.7 Å². The summed E-state index contributed by atoms with van der Waals surface area (Å²) in [6, 6.07) is 6.25. The summed E-state index contributed by atoms with van der Waals surface area (Å²) in [6.07, 6.45) is -2.80. The lowest BCUT2D eigenvalue weighted by Gasteiger charge is -2.23. The van der Waals surface area contributed by atoms with Crippen molar-refractivity contribution in [3.05, 3.63) is 53.2 Å². The van der Waals surface area contributed by atoms with Crippen molar-refractivity contribution in [1.82, 2.24) is 19.5 Å². The molecule has 0 radical (unpaired) electrons. The predicted molar refractivity (Wildman–Crippen MR) is 122 cm³/mol. The number of ketones is 1. The fraction of sp³-hybridized carbons (Fsp3) is 0.348. The molecule has 0 saturated carbocycles. The van der Waals surface area contributed by atoms with Gasteiger partial charge in [0.25, 0.3) is 0 Å². The molecule has 0 N–H and O–H groups in total. The van der Waals surface area contributed by atoms with Crippen LogP contribution in [0.2, 0.25) is 5.02 Å². The molecule has 4 rings (SSSR count). The van der Waals surface area contributed by atoms with Crippen molar-refractivity contribution in [3.8, 4) is 0 Å². The van der Waals surface area contributed by atoms with Gasteiger partial charge in [0.05, 0.1) is 6.33 Å². The molecular formula is C23H21ClN4O8. The van der Waals surface area contributed by atoms with Gasteiger partial charge >= 0.3 is 17.9 Å². The standard InChI is InChI=1S/C23H21ClN4O8/c1-11(29)33-8-16-20(34-12(2)30)21(35-13(3)31)23(36-16)28-10-27-18-17(25-9-26-22(18)28)19(32)14-5-4-6-15(24)7-14/h4-7,9-10,16,20-21,23H,8H2,1-3H3/t16-,20-,21-,23?/m1/s1/i1D,2D,3D. The third kappa shape index (κ3) is 5.19. The summed E-state index contributed by atoms with van der Waals surface area (Å²) >= 11 is 6.02. The molecule has 1 unspecified atom stereocenters. The zero-order valence-corrected chi connectivity index (χ0v) is 19.3. The number of rotatable bonds is 7. The molecule has 0 bridgehead atoms. The van der Waals surface area contributed by atoms with Crippen LogP contribution in [0.4, 0.5) is 0 Å². The first kappa shape index (κ1) is 21.4. The number of carbonyl (C=O) groups is 4. The molecule has 13 heteroatoms. The average molecular weight is 520 g/mol. The minimum absolute atomic E-state index is 0.0446. The Balaban J connectivity index is 1.75. The maximum Gasteiger partial charge on any atom is 0.303 e. The Bertz CT molecular complexity index is 1410. The molecule has 1 aromatic carbocycles. The van der Waals surface area contributed by atoms with Crippen LogP contribution in [0.1, 0.15) is 47.1 Å². The Morgan fingerprint density at radius 2 is 1.81 bits per heavy atom. The van der Waals surface area contributed by atoms with E-state index in [0.29, 0.717) is 5.02 Å². The highest BCUT2D eigenvalue weighted by atomic mass is 35.5. The van der Waals surface area contributed by atoms with E-state index in [1.54, 1.807) is 18.2 Å². The number of benzene rings is 1. The fourth-order valence-electron chi connectivity index (χ4n) is 3.78. The van der Waals surface area contributed by atoms with E-state index in [9.17, 15) is 19.2 Å². The maximum atomic E-state index is 13.2. The molecule has 3 heterocycles. The van der Waals surface area contributed by atoms with Crippen molar-refractivity contribution < 1.29 is 42.2 Å². The molecule has 1 aliphatic rings. The Morgan fingerprint density at radius 3 is 2.53 bits per heavy atom. The third-order valence-corrected chi connectivity index (χ3v) is 5.40. The normalized spacial score (nSPS) is 22.3. The second-order valence-corrected chi connectivity index (χ2v) is 7.98. The van der Waals surface area contributed by atoms with E-state index < -0.39 is 75.5 Å². The largest absolute Gasteiger partial charge is 0.463 e. The third-order valence-electron chi connectivity index (χ3n) is 5.16. The van der Waals surface area contributed by atoms with Crippen molar-refractivity contribution in [2.75, 3.05) is 6.61 Å². The van der Waals surface area contributed by atoms with Crippen LogP contribution in [0, 0.1) is 0 Å². The number of esters is 3. The number of hydrogen-bond donors (Lipinski definition) is 0. The van der Waals surface area contributed by atoms with Crippen molar-refractivity contribution in [2.24, 2.45) is 0 Å². The molecule has 0 spiro atoms. The van der Waals surface area contributed by atoms with Gasteiger partial charge in [-0.1, -0.05) is 23.7 Å². The molecule has 2 aromatic heterocycles. The number of nitrogens with zero attached hydrogens (tertiary/aromatic N) is 4. The number of aromatic nitrogens is 4. The highest BCUT2D eigenvalue weighted by molar-refractivity contribution is 6.31. The smallest absolute Gasteiger partial charge is 0.303 e. The summed E-state index contributed by atoms with van der Waals surface area (Å²) in [5.41, 5.74) is 0.397. The van der Waals surface area contributed by atoms with Crippen molar-refractivity contribution in [2.45, 2.75) is 45.2 Å². The number of halogens is 1. The molecule has 0 amide bonds. The fourth-order valence-corrected chi connectivity index (χ4v) is 3.97. The van der Waals surface area contributed by atoms with E-state index >= 15 is 0 Å². The van der Waals surface area contributed by atoms with Crippen LogP contribution in [0.3, 0.4) is 0 Å². The van der Waals surface area contributed by atoms with Crippen LogP contribution in [0.25, 0.3) is 11.2 Å². The van der Waals surface area contributed by atoms with Gasteiger partial charge in [0, 0.05) is 35.4 Å². The first-order valence-electron chi connectivity index (χ1n) is 12.4. The van der Waals surface area contributed by atoms with Crippen molar-refractivity contribution >= 4 is 46.5 Å². The zero-order chi connectivity index (χ0) is 28.1. The minimum atomic E-state index is -1.38. The molecule has 1 aliphatic heterocycles. The van der Waals surface area contributed by atoms with Gasteiger partial charge in [-0.25, -0.2) is 15.0 Å². The topological polar surface area (TPSA) is 149 Å². The lowest BCUT2D eigenvalue weighted by Crippen LogP contribution is -2.40. The summed E-state index contributed by atoms with van der Waals surface area (Å²) in [4.78, 5) is 61.5. The van der Waals surface area contributed by atoms with Crippen LogP contribution in [0.15, 0.2) is 36.9 Å². The van der Waals surface area contributed by atoms with Crippen molar-refractivity contribution in [1.29, 1.82) is 0 Å². The van der Waals surface area contributed by atoms with Gasteiger partial charge in [0.1, 0.15) is 30.2 Å². The number of hydrogen-bond acceptors (Lipinski definition) is 11. The summed E-state index contributed by atoms with van der Waals surface area (Å²) in [6.45, 7) is -2.65. The molecular weight excluding hydrogens is 496 g/mol. The Kier molecular flexibility index (Phi) is 6.17. The minimum Gasteiger partial charge on any atom is -0.463 e. The molecule has 1 saturated heterocycles. The number of fused-ring (bicyclic) bond motifs is 1. The molecule has 12 nitrogen and oxygen atoms in total. The van der Waals surface area contributed by atoms with Crippen LogP contribution < -0.4 is 0 Å². The Labute approximate surface area is 213 Å². The van der Waals surface area contributed by atoms with E-state index in [4.69, 9.17) is 34.7 Å². The molecule has 36 heavy (non-hydrogen) atoms. The van der Waals surface area contributed by atoms with E-state index in [2.05, 4.69) is 15.0 Å². The molecule has 0 aliphatic carbocycles. The maximum absolute atomic E-state index is 13.2. The van der Waals surface area contributed by atoms with Crippen LogP contribution in [0.5, 0.6) is 0 Å². The zero-order valence-electron chi connectivity index (χ0n) is 21.5. The summed E-state index contributed by atoms with van der Waals surface area (Å²) in [5, 5.41) is 0.348. The van der Waals surface area contributed by atoms with E-state index in [-0.39, 0.29) is 22.4 Å². The van der Waals surface area contributed by atoms with Gasteiger partial charge in [-0.2, -0.15) is 0 Å². The molecule has 188 valence electrons. The van der Waals surface area contributed by atoms with Crippen molar-refractivity contribution in [3.63, 3.8) is 0 Å². The van der Waals surface area contributed by atoms with Crippen LogP contribution >= 0.6 is 11.6 Å². The lowest BCUT2D eigenvalue weighted by atomic mass is 10.1. The van der Waals surface area contributed by atoms with Gasteiger partial charge < -0.3 is 18.9 Å². The second kappa shape index (κ2) is 10.4. The SMILES string of the molecule is [2H]CC(=O)OC[C@H]1OC(n2cnc3c(C(=O)c4cccc(Cl)c4)ncnc32)[C@H](OC(=O)C[2H])[C@@H]1OC(=O)C[2H]. The highest BCUT2D eigenvalue weighted by Gasteiger charge is 2.51. The molecule has 1 fully saturated rings. The molecule has 3 aromatic rings. The van der Waals surface area contributed by atoms with Gasteiger partial charge in [0.15, 0.2) is 24.1 Å². The summed E-state index contributed by atoms with van der Waals surface area (Å²) in [5.74, 6) is -3.31. The number of imidazole rings is 1. The number of carbonyl (C=O) groups excluding carboxylic acids is 4. The monoisotopic (exact) mass is 519 g/mol. The lowest BCUT2D eigenvalue weighted by molar-refractivity contribution is -0.166.